The summed E-state index contributed by atoms with van der Waals surface area (Å²) in [6, 6.07) is 5.89. The second-order valence-electron chi connectivity index (χ2n) is 6.98. The van der Waals surface area contributed by atoms with Crippen molar-refractivity contribution < 1.29 is 14.3 Å². The SMILES string of the molecule is O=C(N1CCCC1)N1C[C@H]2[C@@H](CCOc3ccccn3)CO[C@H]2C1. The van der Waals surface area contributed by atoms with Crippen LogP contribution in [0.5, 0.6) is 5.88 Å². The first-order valence-corrected chi connectivity index (χ1v) is 9.00. The van der Waals surface area contributed by atoms with Crippen molar-refractivity contribution in [3.63, 3.8) is 0 Å². The number of ether oxygens (including phenoxy) is 2. The molecule has 0 aliphatic carbocycles. The molecule has 0 saturated carbocycles. The van der Waals surface area contributed by atoms with Gasteiger partial charge in [-0.3, -0.25) is 0 Å². The Morgan fingerprint density at radius 3 is 2.92 bits per heavy atom. The van der Waals surface area contributed by atoms with Gasteiger partial charge in [0.25, 0.3) is 0 Å². The molecule has 0 radical (unpaired) electrons. The molecule has 4 rings (SSSR count). The molecule has 6 nitrogen and oxygen atoms in total. The predicted octanol–water partition coefficient (Wildman–Crippen LogP) is 2.01. The maximum Gasteiger partial charge on any atom is 0.320 e. The number of hydrogen-bond acceptors (Lipinski definition) is 4. The first-order valence-electron chi connectivity index (χ1n) is 9.00. The van der Waals surface area contributed by atoms with E-state index in [0.29, 0.717) is 24.3 Å². The molecule has 1 aromatic rings. The van der Waals surface area contributed by atoms with E-state index in [9.17, 15) is 4.79 Å². The van der Waals surface area contributed by atoms with Crippen LogP contribution in [-0.2, 0) is 4.74 Å². The minimum Gasteiger partial charge on any atom is -0.478 e. The first-order chi connectivity index (χ1) is 11.8. The molecule has 0 aromatic carbocycles. The van der Waals surface area contributed by atoms with Gasteiger partial charge in [0.05, 0.1) is 19.3 Å². The third-order valence-corrected chi connectivity index (χ3v) is 5.46. The highest BCUT2D eigenvalue weighted by molar-refractivity contribution is 5.75. The van der Waals surface area contributed by atoms with Gasteiger partial charge in [-0.1, -0.05) is 6.07 Å². The highest BCUT2D eigenvalue weighted by Gasteiger charge is 2.45. The standard InChI is InChI=1S/C18H25N3O3/c22-18(20-8-3-4-9-20)21-11-15-14(13-24-16(15)12-21)6-10-23-17-5-1-2-7-19-17/h1-2,5,7,14-16H,3-4,6,8-13H2/t14-,15-,16-/m0/s1. The lowest BCUT2D eigenvalue weighted by atomic mass is 9.91. The van der Waals surface area contributed by atoms with Crippen LogP contribution in [-0.4, -0.2) is 66.3 Å². The Kier molecular flexibility index (Phi) is 4.56. The average molecular weight is 331 g/mol. The highest BCUT2D eigenvalue weighted by Crippen LogP contribution is 2.36. The van der Waals surface area contributed by atoms with Crippen LogP contribution in [0.2, 0.25) is 0 Å². The molecule has 2 amide bonds. The molecule has 1 aromatic heterocycles. The second kappa shape index (κ2) is 6.97. The molecular weight excluding hydrogens is 306 g/mol. The number of likely N-dealkylation sites (tertiary alicyclic amines) is 2. The lowest BCUT2D eigenvalue weighted by Crippen LogP contribution is -2.41. The number of amides is 2. The van der Waals surface area contributed by atoms with E-state index in [1.54, 1.807) is 6.20 Å². The molecule has 0 spiro atoms. The summed E-state index contributed by atoms with van der Waals surface area (Å²) < 4.78 is 11.7. The number of aromatic nitrogens is 1. The van der Waals surface area contributed by atoms with E-state index in [0.717, 1.165) is 52.0 Å². The van der Waals surface area contributed by atoms with Crippen LogP contribution in [0.15, 0.2) is 24.4 Å². The normalized spacial score (nSPS) is 29.1. The number of rotatable bonds is 4. The summed E-state index contributed by atoms with van der Waals surface area (Å²) in [5, 5.41) is 0. The molecule has 3 aliphatic rings. The van der Waals surface area contributed by atoms with E-state index in [-0.39, 0.29) is 12.1 Å². The molecule has 0 bridgehead atoms. The molecule has 3 atom stereocenters. The third kappa shape index (κ3) is 3.20. The van der Waals surface area contributed by atoms with Gasteiger partial charge in [0.1, 0.15) is 0 Å². The van der Waals surface area contributed by atoms with Gasteiger partial charge < -0.3 is 19.3 Å². The number of carbonyl (C=O) groups is 1. The Hall–Kier alpha value is -1.82. The van der Waals surface area contributed by atoms with Crippen molar-refractivity contribution in [1.82, 2.24) is 14.8 Å². The number of pyridine rings is 1. The van der Waals surface area contributed by atoms with Crippen LogP contribution in [0.25, 0.3) is 0 Å². The van der Waals surface area contributed by atoms with E-state index in [4.69, 9.17) is 9.47 Å². The van der Waals surface area contributed by atoms with Gasteiger partial charge in [0.2, 0.25) is 5.88 Å². The van der Waals surface area contributed by atoms with Gasteiger partial charge in [-0.25, -0.2) is 9.78 Å². The zero-order valence-electron chi connectivity index (χ0n) is 14.0. The number of nitrogens with zero attached hydrogens (tertiary/aromatic N) is 3. The summed E-state index contributed by atoms with van der Waals surface area (Å²) in [4.78, 5) is 20.7. The van der Waals surface area contributed by atoms with E-state index in [2.05, 4.69) is 4.98 Å². The highest BCUT2D eigenvalue weighted by atomic mass is 16.5. The number of carbonyl (C=O) groups excluding carboxylic acids is 1. The van der Waals surface area contributed by atoms with Crippen molar-refractivity contribution >= 4 is 6.03 Å². The fourth-order valence-corrected chi connectivity index (χ4v) is 4.11. The summed E-state index contributed by atoms with van der Waals surface area (Å²) in [5.41, 5.74) is 0. The third-order valence-electron chi connectivity index (χ3n) is 5.46. The summed E-state index contributed by atoms with van der Waals surface area (Å²) in [6.45, 7) is 4.83. The van der Waals surface area contributed by atoms with E-state index >= 15 is 0 Å². The number of urea groups is 1. The Labute approximate surface area is 142 Å². The summed E-state index contributed by atoms with van der Waals surface area (Å²) in [7, 11) is 0. The summed E-state index contributed by atoms with van der Waals surface area (Å²) in [6.07, 6.45) is 5.16. The monoisotopic (exact) mass is 331 g/mol. The topological polar surface area (TPSA) is 54.9 Å². The fraction of sp³-hybridized carbons (Fsp3) is 0.667. The predicted molar refractivity (Wildman–Crippen MR) is 88.8 cm³/mol. The van der Waals surface area contributed by atoms with Crippen LogP contribution in [0.4, 0.5) is 4.79 Å². The van der Waals surface area contributed by atoms with E-state index in [1.165, 1.54) is 0 Å². The molecule has 3 saturated heterocycles. The molecule has 4 heterocycles. The van der Waals surface area contributed by atoms with Crippen LogP contribution in [0.1, 0.15) is 19.3 Å². The van der Waals surface area contributed by atoms with Crippen molar-refractivity contribution in [3.05, 3.63) is 24.4 Å². The Bertz CT molecular complexity index is 562. The summed E-state index contributed by atoms with van der Waals surface area (Å²) in [5.74, 6) is 1.59. The quantitative estimate of drug-likeness (QED) is 0.847. The van der Waals surface area contributed by atoms with Crippen LogP contribution < -0.4 is 4.74 Å². The minimum absolute atomic E-state index is 0.203. The van der Waals surface area contributed by atoms with Gasteiger partial charge in [-0.15, -0.1) is 0 Å². The number of fused-ring (bicyclic) bond motifs is 1. The Morgan fingerprint density at radius 2 is 2.12 bits per heavy atom. The molecule has 130 valence electrons. The van der Waals surface area contributed by atoms with Crippen molar-refractivity contribution in [2.45, 2.75) is 25.4 Å². The maximum atomic E-state index is 12.5. The van der Waals surface area contributed by atoms with Gasteiger partial charge in [0, 0.05) is 44.4 Å². The van der Waals surface area contributed by atoms with Crippen molar-refractivity contribution in [1.29, 1.82) is 0 Å². The van der Waals surface area contributed by atoms with E-state index in [1.807, 2.05) is 28.0 Å². The van der Waals surface area contributed by atoms with Crippen molar-refractivity contribution in [2.24, 2.45) is 11.8 Å². The molecule has 3 aliphatic heterocycles. The van der Waals surface area contributed by atoms with Crippen LogP contribution >= 0.6 is 0 Å². The smallest absolute Gasteiger partial charge is 0.320 e. The molecule has 6 heteroatoms. The van der Waals surface area contributed by atoms with E-state index < -0.39 is 0 Å². The Morgan fingerprint density at radius 1 is 1.25 bits per heavy atom. The van der Waals surface area contributed by atoms with Crippen molar-refractivity contribution in [2.75, 3.05) is 39.4 Å². The average Bonchev–Trinajstić information content (AvgIpc) is 3.33. The zero-order chi connectivity index (χ0) is 16.4. The fourth-order valence-electron chi connectivity index (χ4n) is 4.11. The molecule has 3 fully saturated rings. The van der Waals surface area contributed by atoms with Crippen LogP contribution in [0, 0.1) is 11.8 Å². The Balaban J connectivity index is 1.27. The molecule has 0 N–H and O–H groups in total. The van der Waals surface area contributed by atoms with Gasteiger partial charge in [0.15, 0.2) is 0 Å². The largest absolute Gasteiger partial charge is 0.478 e. The zero-order valence-corrected chi connectivity index (χ0v) is 14.0. The molecular formula is C18H25N3O3. The van der Waals surface area contributed by atoms with Gasteiger partial charge in [-0.05, 0) is 31.2 Å². The van der Waals surface area contributed by atoms with Gasteiger partial charge >= 0.3 is 6.03 Å². The number of hydrogen-bond donors (Lipinski definition) is 0. The molecule has 0 unspecified atom stereocenters. The second-order valence-corrected chi connectivity index (χ2v) is 6.98. The molecule has 24 heavy (non-hydrogen) atoms. The summed E-state index contributed by atoms with van der Waals surface area (Å²) >= 11 is 0. The lowest BCUT2D eigenvalue weighted by Gasteiger charge is -2.25. The lowest BCUT2D eigenvalue weighted by molar-refractivity contribution is 0.0929. The van der Waals surface area contributed by atoms with Crippen LogP contribution in [0.3, 0.4) is 0 Å². The van der Waals surface area contributed by atoms with Gasteiger partial charge in [-0.2, -0.15) is 0 Å². The first kappa shape index (κ1) is 15.7. The minimum atomic E-state index is 0.203. The maximum absolute atomic E-state index is 12.5. The van der Waals surface area contributed by atoms with Crippen molar-refractivity contribution in [3.8, 4) is 5.88 Å².